The first-order valence-corrected chi connectivity index (χ1v) is 9.27. The number of hydrogen-bond acceptors (Lipinski definition) is 4. The van der Waals surface area contributed by atoms with E-state index in [1.54, 1.807) is 22.7 Å². The average molecular weight is 284 g/mol. The molecule has 2 aromatic rings. The van der Waals surface area contributed by atoms with E-state index in [1.165, 1.54) is 9.00 Å². The molecule has 0 N–H and O–H groups in total. The summed E-state index contributed by atoms with van der Waals surface area (Å²) in [7, 11) is -2.41. The summed E-state index contributed by atoms with van der Waals surface area (Å²) in [5, 5.41) is 4.17. The molecule has 0 unspecified atom stereocenters. The van der Waals surface area contributed by atoms with Gasteiger partial charge in [0.2, 0.25) is 0 Å². The van der Waals surface area contributed by atoms with Crippen LogP contribution in [0.4, 0.5) is 0 Å². The Morgan fingerprint density at radius 2 is 1.41 bits per heavy atom. The van der Waals surface area contributed by atoms with E-state index in [0.29, 0.717) is 13.2 Å². The van der Waals surface area contributed by atoms with Crippen LogP contribution in [0.2, 0.25) is 0 Å². The molecule has 0 radical (unpaired) electrons. The van der Waals surface area contributed by atoms with Crippen molar-refractivity contribution in [2.45, 2.75) is 13.8 Å². The highest BCUT2D eigenvalue weighted by Crippen LogP contribution is 2.15. The summed E-state index contributed by atoms with van der Waals surface area (Å²) < 4.78 is 14.7. The second-order valence-electron chi connectivity index (χ2n) is 3.44. The van der Waals surface area contributed by atoms with Crippen molar-refractivity contribution in [2.75, 3.05) is 13.2 Å². The van der Waals surface area contributed by atoms with Crippen molar-refractivity contribution in [1.82, 2.24) is 0 Å². The summed E-state index contributed by atoms with van der Waals surface area (Å²) in [4.78, 5) is 0. The topological polar surface area (TPSA) is 18.5 Å². The van der Waals surface area contributed by atoms with Crippen LogP contribution < -0.4 is 9.00 Å². The lowest BCUT2D eigenvalue weighted by atomic mass is 10.7. The maximum atomic E-state index is 6.10. The Bertz CT molecular complexity index is 383. The third-order valence-electron chi connectivity index (χ3n) is 2.39. The predicted molar refractivity (Wildman–Crippen MR) is 76.9 cm³/mol. The molecule has 0 aromatic carbocycles. The summed E-state index contributed by atoms with van der Waals surface area (Å²) in [6, 6.07) is 8.38. The zero-order valence-corrected chi connectivity index (χ0v) is 12.6. The lowest BCUT2D eigenvalue weighted by Crippen LogP contribution is -2.61. The van der Waals surface area contributed by atoms with Gasteiger partial charge in [0.25, 0.3) is 0 Å². The minimum absolute atomic E-state index is 0.683. The lowest BCUT2D eigenvalue weighted by molar-refractivity contribution is 0.210. The maximum Gasteiger partial charge on any atom is 0.427 e. The Kier molecular flexibility index (Phi) is 4.53. The van der Waals surface area contributed by atoms with E-state index < -0.39 is 8.56 Å². The fourth-order valence-electron chi connectivity index (χ4n) is 1.79. The second kappa shape index (κ2) is 5.93. The second-order valence-corrected chi connectivity index (χ2v) is 8.95. The molecule has 0 aliphatic rings. The maximum absolute atomic E-state index is 6.10. The van der Waals surface area contributed by atoms with Crippen LogP contribution in [0.3, 0.4) is 0 Å². The van der Waals surface area contributed by atoms with E-state index in [0.717, 1.165) is 0 Å². The molecule has 2 heterocycles. The third-order valence-corrected chi connectivity index (χ3v) is 9.09. The molecule has 0 atom stereocenters. The van der Waals surface area contributed by atoms with E-state index in [2.05, 4.69) is 35.0 Å². The van der Waals surface area contributed by atoms with E-state index in [1.807, 2.05) is 13.8 Å². The first-order chi connectivity index (χ1) is 8.33. The number of thiophene rings is 2. The molecular weight excluding hydrogens is 268 g/mol. The summed E-state index contributed by atoms with van der Waals surface area (Å²) in [5.41, 5.74) is 0. The molecule has 0 fully saturated rings. The van der Waals surface area contributed by atoms with Gasteiger partial charge in [0.15, 0.2) is 0 Å². The van der Waals surface area contributed by atoms with Gasteiger partial charge in [-0.1, -0.05) is 12.1 Å². The largest absolute Gasteiger partial charge is 0.427 e. The van der Waals surface area contributed by atoms with Crippen molar-refractivity contribution in [3.8, 4) is 0 Å². The molecular formula is C12H16O2S2Si. The molecule has 92 valence electrons. The minimum Gasteiger partial charge on any atom is -0.387 e. The Morgan fingerprint density at radius 3 is 1.71 bits per heavy atom. The molecule has 0 saturated carbocycles. The van der Waals surface area contributed by atoms with Gasteiger partial charge in [-0.25, -0.2) is 0 Å². The van der Waals surface area contributed by atoms with Crippen molar-refractivity contribution in [2.24, 2.45) is 0 Å². The fraction of sp³-hybridized carbons (Fsp3) is 0.333. The standard InChI is InChI=1S/C12H16O2S2Si/c1-3-13-17(14-4-2,11-7-5-9-15-11)12-8-6-10-16-12/h5-10H,3-4H2,1-2H3. The zero-order chi connectivity index (χ0) is 12.1. The molecule has 0 spiro atoms. The van der Waals surface area contributed by atoms with Crippen LogP contribution in [0.5, 0.6) is 0 Å². The molecule has 5 heteroatoms. The monoisotopic (exact) mass is 284 g/mol. The van der Waals surface area contributed by atoms with Gasteiger partial charge in [-0.3, -0.25) is 0 Å². The van der Waals surface area contributed by atoms with Crippen LogP contribution in [-0.4, -0.2) is 21.8 Å². The quantitative estimate of drug-likeness (QED) is 0.759. The van der Waals surface area contributed by atoms with Crippen molar-refractivity contribution in [1.29, 1.82) is 0 Å². The van der Waals surface area contributed by atoms with Gasteiger partial charge in [-0.05, 0) is 36.7 Å². The summed E-state index contributed by atoms with van der Waals surface area (Å²) >= 11 is 3.45. The van der Waals surface area contributed by atoms with Crippen molar-refractivity contribution in [3.63, 3.8) is 0 Å². The molecule has 17 heavy (non-hydrogen) atoms. The Hall–Kier alpha value is -0.463. The SMILES string of the molecule is CCO[Si](OCC)(c1cccs1)c1cccs1. The van der Waals surface area contributed by atoms with Crippen molar-refractivity contribution >= 4 is 40.2 Å². The molecule has 0 aliphatic heterocycles. The molecule has 0 bridgehead atoms. The molecule has 0 saturated heterocycles. The highest BCUT2D eigenvalue weighted by atomic mass is 32.1. The Morgan fingerprint density at radius 1 is 0.941 bits per heavy atom. The van der Waals surface area contributed by atoms with E-state index in [9.17, 15) is 0 Å². The zero-order valence-electron chi connectivity index (χ0n) is 10.0. The highest BCUT2D eigenvalue weighted by Gasteiger charge is 2.44. The highest BCUT2D eigenvalue weighted by molar-refractivity contribution is 7.33. The first-order valence-electron chi connectivity index (χ1n) is 5.69. The Balaban J connectivity index is 2.46. The van der Waals surface area contributed by atoms with Crippen LogP contribution in [0.25, 0.3) is 0 Å². The van der Waals surface area contributed by atoms with E-state index >= 15 is 0 Å². The summed E-state index contributed by atoms with van der Waals surface area (Å²) in [5.74, 6) is 0. The minimum atomic E-state index is -2.41. The van der Waals surface area contributed by atoms with Crippen molar-refractivity contribution in [3.05, 3.63) is 35.0 Å². The molecule has 2 rings (SSSR count). The smallest absolute Gasteiger partial charge is 0.387 e. The van der Waals surface area contributed by atoms with E-state index in [4.69, 9.17) is 8.85 Å². The van der Waals surface area contributed by atoms with Crippen LogP contribution >= 0.6 is 22.7 Å². The van der Waals surface area contributed by atoms with E-state index in [-0.39, 0.29) is 0 Å². The summed E-state index contributed by atoms with van der Waals surface area (Å²) in [6.07, 6.45) is 0. The van der Waals surface area contributed by atoms with Crippen molar-refractivity contribution < 1.29 is 8.85 Å². The predicted octanol–water partition coefficient (Wildman–Crippen LogP) is 2.44. The van der Waals surface area contributed by atoms with Gasteiger partial charge in [0.1, 0.15) is 0 Å². The lowest BCUT2D eigenvalue weighted by Gasteiger charge is -2.27. The average Bonchev–Trinajstić information content (AvgIpc) is 3.02. The van der Waals surface area contributed by atoms with Gasteiger partial charge in [-0.2, -0.15) is 0 Å². The number of rotatable bonds is 6. The van der Waals surface area contributed by atoms with Gasteiger partial charge in [0, 0.05) is 13.2 Å². The molecule has 2 nitrogen and oxygen atoms in total. The summed E-state index contributed by atoms with van der Waals surface area (Å²) in [6.45, 7) is 5.42. The van der Waals surface area contributed by atoms with Gasteiger partial charge in [-0.15, -0.1) is 22.7 Å². The molecule has 0 aliphatic carbocycles. The van der Waals surface area contributed by atoms with Crippen LogP contribution in [0.15, 0.2) is 35.0 Å². The van der Waals surface area contributed by atoms with Crippen LogP contribution in [0.1, 0.15) is 13.8 Å². The van der Waals surface area contributed by atoms with Gasteiger partial charge < -0.3 is 8.85 Å². The van der Waals surface area contributed by atoms with Crippen LogP contribution in [-0.2, 0) is 8.85 Å². The fourth-order valence-corrected chi connectivity index (χ4v) is 8.26. The molecule has 0 amide bonds. The third kappa shape index (κ3) is 2.53. The number of hydrogen-bond donors (Lipinski definition) is 0. The van der Waals surface area contributed by atoms with Crippen LogP contribution in [0, 0.1) is 0 Å². The Labute approximate surface area is 111 Å². The van der Waals surface area contributed by atoms with Gasteiger partial charge >= 0.3 is 8.56 Å². The molecule has 2 aromatic heterocycles. The van der Waals surface area contributed by atoms with Gasteiger partial charge in [0.05, 0.1) is 9.00 Å². The first kappa shape index (κ1) is 13.0. The normalized spacial score (nSPS) is 11.9.